The molecule has 1 atom stereocenters. The Balaban J connectivity index is 2.99. The zero-order chi connectivity index (χ0) is 13.2. The van der Waals surface area contributed by atoms with Crippen LogP contribution >= 0.6 is 11.6 Å². The number of rotatable bonds is 4. The quantitative estimate of drug-likeness (QED) is 0.834. The van der Waals surface area contributed by atoms with Crippen LogP contribution in [0.1, 0.15) is 52.1 Å². The van der Waals surface area contributed by atoms with E-state index >= 15 is 0 Å². The minimum absolute atomic E-state index is 0.0141. The molecule has 1 aromatic heterocycles. The highest BCUT2D eigenvalue weighted by molar-refractivity contribution is 6.21. The van der Waals surface area contributed by atoms with E-state index in [4.69, 9.17) is 11.6 Å². The maximum Gasteiger partial charge on any atom is 0.133 e. The van der Waals surface area contributed by atoms with E-state index in [1.165, 1.54) is 0 Å². The molecule has 0 spiro atoms. The molecule has 4 heteroatoms. The lowest BCUT2D eigenvalue weighted by Gasteiger charge is -2.29. The number of aryl methyl sites for hydroxylation is 1. The highest BCUT2D eigenvalue weighted by Crippen LogP contribution is 2.22. The van der Waals surface area contributed by atoms with Crippen LogP contribution in [0, 0.1) is 6.92 Å². The van der Waals surface area contributed by atoms with Crippen LogP contribution < -0.4 is 5.32 Å². The molecule has 1 N–H and O–H groups in total. The van der Waals surface area contributed by atoms with E-state index in [0.717, 1.165) is 17.3 Å². The molecule has 0 amide bonds. The molecule has 0 aliphatic rings. The molecule has 0 fully saturated rings. The van der Waals surface area contributed by atoms with Crippen LogP contribution in [-0.4, -0.2) is 20.9 Å². The summed E-state index contributed by atoms with van der Waals surface area (Å²) in [5, 5.41) is 3.38. The van der Waals surface area contributed by atoms with Crippen molar-refractivity contribution in [2.24, 2.45) is 0 Å². The lowest BCUT2D eigenvalue weighted by atomic mass is 10.0. The van der Waals surface area contributed by atoms with Crippen molar-refractivity contribution in [2.45, 2.75) is 58.4 Å². The second-order valence-corrected chi connectivity index (χ2v) is 6.02. The van der Waals surface area contributed by atoms with Gasteiger partial charge in [0, 0.05) is 23.2 Å². The Morgan fingerprint density at radius 1 is 1.24 bits per heavy atom. The number of nitrogens with one attached hydrogen (secondary N) is 1. The predicted molar refractivity (Wildman–Crippen MR) is 73.9 cm³/mol. The molecular formula is C13H22ClN3. The fourth-order valence-corrected chi connectivity index (χ4v) is 1.40. The van der Waals surface area contributed by atoms with Crippen molar-refractivity contribution in [3.63, 3.8) is 0 Å². The van der Waals surface area contributed by atoms with Crippen LogP contribution in [0.5, 0.6) is 0 Å². The van der Waals surface area contributed by atoms with Crippen LogP contribution in [0.15, 0.2) is 6.07 Å². The molecule has 17 heavy (non-hydrogen) atoms. The maximum absolute atomic E-state index is 6.16. The van der Waals surface area contributed by atoms with Crippen molar-refractivity contribution >= 4 is 17.4 Å². The van der Waals surface area contributed by atoms with Gasteiger partial charge in [0.15, 0.2) is 0 Å². The van der Waals surface area contributed by atoms with Crippen molar-refractivity contribution < 1.29 is 0 Å². The Morgan fingerprint density at radius 3 is 2.29 bits per heavy atom. The van der Waals surface area contributed by atoms with Gasteiger partial charge in [-0.3, -0.25) is 0 Å². The highest BCUT2D eigenvalue weighted by atomic mass is 35.5. The second-order valence-electron chi connectivity index (χ2n) is 5.37. The number of anilines is 1. The highest BCUT2D eigenvalue weighted by Gasteiger charge is 2.24. The molecule has 3 nitrogen and oxygen atoms in total. The molecule has 0 bridgehead atoms. The van der Waals surface area contributed by atoms with Crippen molar-refractivity contribution in [1.82, 2.24) is 9.97 Å². The largest absolute Gasteiger partial charge is 0.364 e. The number of halogens is 1. The summed E-state index contributed by atoms with van der Waals surface area (Å²) in [6, 6.07) is 1.95. The fourth-order valence-electron chi connectivity index (χ4n) is 1.34. The standard InChI is InChI=1S/C13H22ClN3/c1-8(2)12-15-9(3)7-11(16-12)17-13(5,6)10(4)14/h7-8,10H,1-6H3,(H,15,16,17). The van der Waals surface area contributed by atoms with E-state index in [2.05, 4.69) is 43.0 Å². The predicted octanol–water partition coefficient (Wildman–Crippen LogP) is 3.73. The molecule has 1 rings (SSSR count). The van der Waals surface area contributed by atoms with Crippen LogP contribution in [0.25, 0.3) is 0 Å². The molecule has 0 radical (unpaired) electrons. The van der Waals surface area contributed by atoms with E-state index in [1.807, 2.05) is 19.9 Å². The molecule has 0 aromatic carbocycles. The zero-order valence-electron chi connectivity index (χ0n) is 11.5. The SMILES string of the molecule is Cc1cc(NC(C)(C)C(C)Cl)nc(C(C)C)n1. The molecular weight excluding hydrogens is 234 g/mol. The first kappa shape index (κ1) is 14.2. The molecule has 0 saturated heterocycles. The Kier molecular flexibility index (Phi) is 4.36. The lowest BCUT2D eigenvalue weighted by Crippen LogP contribution is -2.39. The minimum Gasteiger partial charge on any atom is -0.364 e. The molecule has 1 heterocycles. The normalized spacial score (nSPS) is 13.9. The van der Waals surface area contributed by atoms with Gasteiger partial charge < -0.3 is 5.32 Å². The molecule has 0 saturated carbocycles. The van der Waals surface area contributed by atoms with Crippen molar-refractivity contribution in [3.8, 4) is 0 Å². The summed E-state index contributed by atoms with van der Waals surface area (Å²) in [4.78, 5) is 8.94. The van der Waals surface area contributed by atoms with Gasteiger partial charge in [-0.1, -0.05) is 13.8 Å². The second kappa shape index (κ2) is 5.21. The first-order valence-electron chi connectivity index (χ1n) is 6.00. The summed E-state index contributed by atoms with van der Waals surface area (Å²) < 4.78 is 0. The van der Waals surface area contributed by atoms with Crippen molar-refractivity contribution in [2.75, 3.05) is 5.32 Å². The first-order valence-corrected chi connectivity index (χ1v) is 6.44. The molecule has 1 aromatic rings. The monoisotopic (exact) mass is 255 g/mol. The van der Waals surface area contributed by atoms with Crippen molar-refractivity contribution in [3.05, 3.63) is 17.6 Å². The van der Waals surface area contributed by atoms with Crippen LogP contribution in [0.2, 0.25) is 0 Å². The van der Waals surface area contributed by atoms with Gasteiger partial charge >= 0.3 is 0 Å². The Hall–Kier alpha value is -0.830. The molecule has 96 valence electrons. The van der Waals surface area contributed by atoms with Gasteiger partial charge in [0.2, 0.25) is 0 Å². The van der Waals surface area contributed by atoms with Gasteiger partial charge in [0.05, 0.1) is 5.38 Å². The number of alkyl halides is 1. The Labute approximate surface area is 109 Å². The summed E-state index contributed by atoms with van der Waals surface area (Å²) in [7, 11) is 0. The van der Waals surface area contributed by atoms with Crippen LogP contribution in [-0.2, 0) is 0 Å². The van der Waals surface area contributed by atoms with E-state index in [-0.39, 0.29) is 10.9 Å². The fraction of sp³-hybridized carbons (Fsp3) is 0.692. The van der Waals surface area contributed by atoms with Crippen LogP contribution in [0.3, 0.4) is 0 Å². The van der Waals surface area contributed by atoms with Gasteiger partial charge in [0.25, 0.3) is 0 Å². The summed E-state index contributed by atoms with van der Waals surface area (Å²) in [5.74, 6) is 2.04. The number of hydrogen-bond acceptors (Lipinski definition) is 3. The smallest absolute Gasteiger partial charge is 0.133 e. The van der Waals surface area contributed by atoms with Crippen molar-refractivity contribution in [1.29, 1.82) is 0 Å². The van der Waals surface area contributed by atoms with E-state index in [9.17, 15) is 0 Å². The number of hydrogen-bond donors (Lipinski definition) is 1. The van der Waals surface area contributed by atoms with Gasteiger partial charge in [-0.05, 0) is 27.7 Å². The topological polar surface area (TPSA) is 37.8 Å². The minimum atomic E-state index is -0.198. The van der Waals surface area contributed by atoms with Crippen LogP contribution in [0.4, 0.5) is 5.82 Å². The maximum atomic E-state index is 6.16. The third-order valence-electron chi connectivity index (χ3n) is 2.83. The third kappa shape index (κ3) is 3.84. The van der Waals surface area contributed by atoms with Gasteiger partial charge in [-0.25, -0.2) is 9.97 Å². The average molecular weight is 256 g/mol. The molecule has 0 aliphatic heterocycles. The molecule has 0 aliphatic carbocycles. The molecule has 1 unspecified atom stereocenters. The first-order chi connectivity index (χ1) is 7.72. The van der Waals surface area contributed by atoms with Gasteiger partial charge in [-0.15, -0.1) is 11.6 Å². The van der Waals surface area contributed by atoms with E-state index < -0.39 is 0 Å². The zero-order valence-corrected chi connectivity index (χ0v) is 12.3. The summed E-state index contributed by atoms with van der Waals surface area (Å²) in [6.07, 6.45) is 0. The van der Waals surface area contributed by atoms with Gasteiger partial charge in [-0.2, -0.15) is 0 Å². The average Bonchev–Trinajstić information content (AvgIpc) is 2.15. The number of nitrogens with zero attached hydrogens (tertiary/aromatic N) is 2. The summed E-state index contributed by atoms with van der Waals surface area (Å²) in [6.45, 7) is 12.3. The summed E-state index contributed by atoms with van der Waals surface area (Å²) in [5.41, 5.74) is 0.778. The Bertz CT molecular complexity index is 386. The van der Waals surface area contributed by atoms with E-state index in [1.54, 1.807) is 0 Å². The lowest BCUT2D eigenvalue weighted by molar-refractivity contribution is 0.551. The summed E-state index contributed by atoms with van der Waals surface area (Å²) >= 11 is 6.16. The number of aromatic nitrogens is 2. The third-order valence-corrected chi connectivity index (χ3v) is 3.38. The van der Waals surface area contributed by atoms with E-state index in [0.29, 0.717) is 5.92 Å². The van der Waals surface area contributed by atoms with Gasteiger partial charge in [0.1, 0.15) is 11.6 Å². The Morgan fingerprint density at radius 2 is 1.82 bits per heavy atom.